The number of carboxylic acid groups (broad SMARTS) is 1. The van der Waals surface area contributed by atoms with E-state index in [1.165, 1.54) is 14.1 Å². The number of amides is 5. The monoisotopic (exact) mass is 426 g/mol. The Hall–Kier alpha value is -3.69. The number of aliphatic carboxylic acids is 1. The maximum Gasteiger partial charge on any atom is 0.332 e. The third-order valence-corrected chi connectivity index (χ3v) is 6.27. The Bertz CT molecular complexity index is 1020. The van der Waals surface area contributed by atoms with Gasteiger partial charge in [0.1, 0.15) is 0 Å². The highest BCUT2D eigenvalue weighted by Gasteiger charge is 2.63. The van der Waals surface area contributed by atoms with E-state index in [9.17, 15) is 24.0 Å². The average molecular weight is 426 g/mol. The molecule has 0 radical (unpaired) electrons. The van der Waals surface area contributed by atoms with Crippen LogP contribution < -0.4 is 10.2 Å². The van der Waals surface area contributed by atoms with Crippen LogP contribution in [0.1, 0.15) is 18.4 Å². The van der Waals surface area contributed by atoms with Crippen LogP contribution in [0.15, 0.2) is 30.4 Å². The smallest absolute Gasteiger partial charge is 0.332 e. The molecule has 162 valence electrons. The van der Waals surface area contributed by atoms with Crippen molar-refractivity contribution in [1.82, 2.24) is 9.80 Å². The van der Waals surface area contributed by atoms with Crippen molar-refractivity contribution in [3.63, 3.8) is 0 Å². The summed E-state index contributed by atoms with van der Waals surface area (Å²) in [5, 5.41) is 11.3. The SMILES string of the molecule is CN1C(=O)N(C)C(=O)C2(Cc3cc(NC(=O)/C=C/C(=O)O)ccc3N3CCC[C@@H]32)C1=O. The molecule has 4 rings (SSSR count). The first kappa shape index (κ1) is 20.6. The summed E-state index contributed by atoms with van der Waals surface area (Å²) in [5.41, 5.74) is 0.596. The summed E-state index contributed by atoms with van der Waals surface area (Å²) >= 11 is 0. The van der Waals surface area contributed by atoms with Crippen LogP contribution >= 0.6 is 0 Å². The Morgan fingerprint density at radius 1 is 1.13 bits per heavy atom. The van der Waals surface area contributed by atoms with E-state index >= 15 is 0 Å². The zero-order valence-electron chi connectivity index (χ0n) is 17.1. The lowest BCUT2D eigenvalue weighted by molar-refractivity contribution is -0.159. The van der Waals surface area contributed by atoms with Crippen molar-refractivity contribution in [2.75, 3.05) is 30.9 Å². The average Bonchev–Trinajstić information content (AvgIpc) is 3.24. The van der Waals surface area contributed by atoms with Gasteiger partial charge < -0.3 is 15.3 Å². The third-order valence-electron chi connectivity index (χ3n) is 6.27. The predicted molar refractivity (Wildman–Crippen MR) is 109 cm³/mol. The van der Waals surface area contributed by atoms with Crippen LogP contribution in [-0.4, -0.2) is 71.3 Å². The van der Waals surface area contributed by atoms with Crippen molar-refractivity contribution in [3.8, 4) is 0 Å². The van der Waals surface area contributed by atoms with Crippen molar-refractivity contribution < 1.29 is 29.1 Å². The van der Waals surface area contributed by atoms with E-state index in [-0.39, 0.29) is 12.5 Å². The van der Waals surface area contributed by atoms with Crippen molar-refractivity contribution in [1.29, 1.82) is 0 Å². The topological polar surface area (TPSA) is 127 Å². The number of benzene rings is 1. The Morgan fingerprint density at radius 3 is 2.45 bits per heavy atom. The fourth-order valence-corrected chi connectivity index (χ4v) is 4.93. The molecule has 2 saturated heterocycles. The van der Waals surface area contributed by atoms with E-state index < -0.39 is 35.1 Å². The van der Waals surface area contributed by atoms with Crippen molar-refractivity contribution in [2.45, 2.75) is 25.3 Å². The van der Waals surface area contributed by atoms with Crippen molar-refractivity contribution >= 4 is 41.1 Å². The molecule has 5 amide bonds. The van der Waals surface area contributed by atoms with E-state index in [1.807, 2.05) is 11.0 Å². The van der Waals surface area contributed by atoms with Crippen LogP contribution in [0.2, 0.25) is 0 Å². The maximum absolute atomic E-state index is 13.3. The number of barbiturate groups is 1. The lowest BCUT2D eigenvalue weighted by Crippen LogP contribution is -2.70. The van der Waals surface area contributed by atoms with Gasteiger partial charge in [-0.15, -0.1) is 0 Å². The summed E-state index contributed by atoms with van der Waals surface area (Å²) in [6.07, 6.45) is 3.22. The van der Waals surface area contributed by atoms with Gasteiger partial charge in [-0.05, 0) is 43.0 Å². The molecule has 3 heterocycles. The van der Waals surface area contributed by atoms with Gasteiger partial charge in [-0.2, -0.15) is 0 Å². The van der Waals surface area contributed by atoms with Crippen LogP contribution in [0.25, 0.3) is 0 Å². The molecule has 10 nitrogen and oxygen atoms in total. The minimum atomic E-state index is -1.41. The number of urea groups is 1. The number of anilines is 2. The zero-order valence-corrected chi connectivity index (χ0v) is 17.1. The molecular formula is C21H22N4O6. The number of nitrogens with one attached hydrogen (secondary N) is 1. The minimum Gasteiger partial charge on any atom is -0.478 e. The molecule has 1 atom stereocenters. The summed E-state index contributed by atoms with van der Waals surface area (Å²) in [6, 6.07) is 4.21. The molecule has 31 heavy (non-hydrogen) atoms. The van der Waals surface area contributed by atoms with E-state index in [0.29, 0.717) is 24.2 Å². The second-order valence-electron chi connectivity index (χ2n) is 8.01. The van der Waals surface area contributed by atoms with Crippen LogP contribution in [0.3, 0.4) is 0 Å². The molecule has 2 N–H and O–H groups in total. The fourth-order valence-electron chi connectivity index (χ4n) is 4.93. The Labute approximate surface area is 178 Å². The van der Waals surface area contributed by atoms with E-state index in [1.54, 1.807) is 12.1 Å². The lowest BCUT2D eigenvalue weighted by Gasteiger charge is -2.50. The number of carbonyl (C=O) groups is 5. The first-order valence-electron chi connectivity index (χ1n) is 9.88. The normalized spacial score (nSPS) is 22.2. The molecule has 3 aliphatic heterocycles. The number of imide groups is 2. The van der Waals surface area contributed by atoms with E-state index in [0.717, 1.165) is 34.1 Å². The molecule has 0 bridgehead atoms. The third kappa shape index (κ3) is 3.06. The Balaban J connectivity index is 1.74. The molecule has 0 unspecified atom stereocenters. The summed E-state index contributed by atoms with van der Waals surface area (Å²) in [6.45, 7) is 0.675. The van der Waals surface area contributed by atoms with Gasteiger partial charge >= 0.3 is 12.0 Å². The van der Waals surface area contributed by atoms with Crippen LogP contribution in [-0.2, 0) is 25.6 Å². The quantitative estimate of drug-likeness (QED) is 0.541. The first-order chi connectivity index (χ1) is 14.7. The second-order valence-corrected chi connectivity index (χ2v) is 8.01. The second kappa shape index (κ2) is 7.22. The standard InChI is InChI=1S/C21H22N4O6/c1-23-18(29)21(19(30)24(2)20(23)31)11-12-10-13(22-16(26)7-8-17(27)28)5-6-14(12)25-9-3-4-15(21)25/h5-8,10,15H,3-4,9,11H2,1-2H3,(H,22,26)(H,27,28)/b8-7+/t15-/m1/s1. The van der Waals surface area contributed by atoms with E-state index in [2.05, 4.69) is 5.32 Å². The number of fused-ring (bicyclic) bond motifs is 4. The van der Waals surface area contributed by atoms with Gasteiger partial charge in [0.15, 0.2) is 5.41 Å². The van der Waals surface area contributed by atoms with Crippen LogP contribution in [0, 0.1) is 5.41 Å². The highest BCUT2D eigenvalue weighted by Crippen LogP contribution is 2.49. The summed E-state index contributed by atoms with van der Waals surface area (Å²) in [5.74, 6) is -2.87. The maximum atomic E-state index is 13.3. The van der Waals surface area contributed by atoms with Gasteiger partial charge in [-0.3, -0.25) is 24.2 Å². The van der Waals surface area contributed by atoms with E-state index in [4.69, 9.17) is 5.11 Å². The number of rotatable bonds is 3. The first-order valence-corrected chi connectivity index (χ1v) is 9.88. The summed E-state index contributed by atoms with van der Waals surface area (Å²) in [7, 11) is 2.77. The number of hydrogen-bond acceptors (Lipinski definition) is 6. The van der Waals surface area contributed by atoms with Crippen molar-refractivity contribution in [3.05, 3.63) is 35.9 Å². The number of nitrogens with zero attached hydrogens (tertiary/aromatic N) is 3. The van der Waals surface area contributed by atoms with Gasteiger partial charge in [0.05, 0.1) is 6.04 Å². The number of hydrogen-bond donors (Lipinski definition) is 2. The molecular weight excluding hydrogens is 404 g/mol. The Kier molecular flexibility index (Phi) is 4.79. The fraction of sp³-hybridized carbons (Fsp3) is 0.381. The highest BCUT2D eigenvalue weighted by molar-refractivity contribution is 6.20. The number of carboxylic acids is 1. The van der Waals surface area contributed by atoms with Gasteiger partial charge in [0.25, 0.3) is 0 Å². The highest BCUT2D eigenvalue weighted by atomic mass is 16.4. The zero-order chi connectivity index (χ0) is 22.5. The molecule has 1 aromatic carbocycles. The predicted octanol–water partition coefficient (Wildman–Crippen LogP) is 0.828. The minimum absolute atomic E-state index is 0.109. The molecule has 1 spiro atoms. The van der Waals surface area contributed by atoms with Gasteiger partial charge in [-0.1, -0.05) is 0 Å². The molecule has 0 aromatic heterocycles. The molecule has 0 aliphatic carbocycles. The Morgan fingerprint density at radius 2 is 1.81 bits per heavy atom. The molecule has 3 aliphatic rings. The summed E-state index contributed by atoms with van der Waals surface area (Å²) < 4.78 is 0. The molecule has 2 fully saturated rings. The molecule has 10 heteroatoms. The summed E-state index contributed by atoms with van der Waals surface area (Å²) in [4.78, 5) is 65.6. The number of carbonyl (C=O) groups excluding carboxylic acids is 4. The van der Waals surface area contributed by atoms with Gasteiger partial charge in [-0.25, -0.2) is 9.59 Å². The molecule has 1 aromatic rings. The van der Waals surface area contributed by atoms with Crippen LogP contribution in [0.5, 0.6) is 0 Å². The van der Waals surface area contributed by atoms with Crippen LogP contribution in [0.4, 0.5) is 16.2 Å². The van der Waals surface area contributed by atoms with Gasteiger partial charge in [0.2, 0.25) is 17.7 Å². The van der Waals surface area contributed by atoms with Crippen molar-refractivity contribution in [2.24, 2.45) is 5.41 Å². The molecule has 0 saturated carbocycles. The largest absolute Gasteiger partial charge is 0.478 e. The van der Waals surface area contributed by atoms with Gasteiger partial charge in [0, 0.05) is 44.2 Å². The lowest BCUT2D eigenvalue weighted by atomic mass is 9.68.